The topological polar surface area (TPSA) is 48.3 Å². The van der Waals surface area contributed by atoms with Crippen LogP contribution in [0.1, 0.15) is 0 Å². The van der Waals surface area contributed by atoms with E-state index in [1.165, 1.54) is 3.97 Å². The Balaban J connectivity index is 2.37. The lowest BCUT2D eigenvalue weighted by molar-refractivity contribution is 0.415. The Hall–Kier alpha value is -1.27. The van der Waals surface area contributed by atoms with Crippen molar-refractivity contribution in [3.63, 3.8) is 0 Å². The normalized spacial score (nSPS) is 12.8. The van der Waals surface area contributed by atoms with Crippen LogP contribution in [0.5, 0.6) is 5.75 Å². The molecule has 0 N–H and O–H groups in total. The van der Waals surface area contributed by atoms with Crippen LogP contribution in [0.25, 0.3) is 10.9 Å². The standard InChI is InChI=1S/C14H21NO3SSi/c1-18-13-5-6-14-12(11-13)7-8-15(14)19(16,17)9-10-20(2,3)4/h5-8,11H,9-10H2,1-4H3. The van der Waals surface area contributed by atoms with Crippen LogP contribution in [0.4, 0.5) is 0 Å². The molecule has 6 heteroatoms. The molecule has 1 aromatic carbocycles. The predicted molar refractivity (Wildman–Crippen MR) is 85.8 cm³/mol. The molecule has 110 valence electrons. The molecule has 0 aliphatic carbocycles. The van der Waals surface area contributed by atoms with Crippen molar-refractivity contribution in [1.29, 1.82) is 0 Å². The molecule has 1 heterocycles. The van der Waals surface area contributed by atoms with Gasteiger partial charge in [0.15, 0.2) is 0 Å². The summed E-state index contributed by atoms with van der Waals surface area (Å²) in [5.74, 6) is 0.938. The van der Waals surface area contributed by atoms with Gasteiger partial charge >= 0.3 is 0 Å². The molecule has 0 radical (unpaired) electrons. The van der Waals surface area contributed by atoms with E-state index in [0.29, 0.717) is 5.52 Å². The van der Waals surface area contributed by atoms with Crippen molar-refractivity contribution >= 4 is 29.0 Å². The predicted octanol–water partition coefficient (Wildman–Crippen LogP) is 3.17. The van der Waals surface area contributed by atoms with Crippen molar-refractivity contribution in [2.45, 2.75) is 25.7 Å². The maximum Gasteiger partial charge on any atom is 0.238 e. The monoisotopic (exact) mass is 311 g/mol. The molecule has 20 heavy (non-hydrogen) atoms. The van der Waals surface area contributed by atoms with E-state index < -0.39 is 18.1 Å². The maximum absolute atomic E-state index is 12.5. The summed E-state index contributed by atoms with van der Waals surface area (Å²) >= 11 is 0. The Bertz CT molecular complexity index is 714. The second-order valence-corrected chi connectivity index (χ2v) is 13.7. The fourth-order valence-electron chi connectivity index (χ4n) is 2.00. The van der Waals surface area contributed by atoms with Crippen LogP contribution in [-0.4, -0.2) is 33.3 Å². The van der Waals surface area contributed by atoms with Gasteiger partial charge in [-0.05, 0) is 30.3 Å². The average molecular weight is 311 g/mol. The molecule has 0 aliphatic heterocycles. The van der Waals surface area contributed by atoms with Gasteiger partial charge in [-0.3, -0.25) is 0 Å². The van der Waals surface area contributed by atoms with E-state index in [1.54, 1.807) is 25.4 Å². The highest BCUT2D eigenvalue weighted by Crippen LogP contribution is 2.24. The van der Waals surface area contributed by atoms with Gasteiger partial charge in [0.05, 0.1) is 18.4 Å². The highest BCUT2D eigenvalue weighted by atomic mass is 32.2. The van der Waals surface area contributed by atoms with E-state index in [0.717, 1.165) is 17.2 Å². The van der Waals surface area contributed by atoms with Crippen LogP contribution in [0, 0.1) is 0 Å². The van der Waals surface area contributed by atoms with Gasteiger partial charge in [0.25, 0.3) is 0 Å². The van der Waals surface area contributed by atoms with Crippen molar-refractivity contribution in [2.75, 3.05) is 12.9 Å². The van der Waals surface area contributed by atoms with Crippen molar-refractivity contribution in [3.05, 3.63) is 30.5 Å². The zero-order valence-electron chi connectivity index (χ0n) is 12.4. The molecular formula is C14H21NO3SSi. The molecule has 0 saturated carbocycles. The second-order valence-electron chi connectivity index (χ2n) is 6.16. The van der Waals surface area contributed by atoms with E-state index in [1.807, 2.05) is 12.1 Å². The third-order valence-corrected chi connectivity index (χ3v) is 7.02. The number of nitrogens with zero attached hydrogens (tertiary/aromatic N) is 1. The molecule has 0 fully saturated rings. The number of benzene rings is 1. The van der Waals surface area contributed by atoms with Crippen LogP contribution < -0.4 is 4.74 Å². The van der Waals surface area contributed by atoms with Crippen LogP contribution in [0.3, 0.4) is 0 Å². The van der Waals surface area contributed by atoms with Gasteiger partial charge in [-0.15, -0.1) is 0 Å². The maximum atomic E-state index is 12.5. The first-order chi connectivity index (χ1) is 9.23. The molecule has 4 nitrogen and oxygen atoms in total. The first kappa shape index (κ1) is 15.1. The Labute approximate surface area is 121 Å². The van der Waals surface area contributed by atoms with Gasteiger partial charge in [0.2, 0.25) is 10.0 Å². The molecule has 0 amide bonds. The van der Waals surface area contributed by atoms with E-state index in [4.69, 9.17) is 4.74 Å². The minimum Gasteiger partial charge on any atom is -0.497 e. The number of methoxy groups -OCH3 is 1. The van der Waals surface area contributed by atoms with E-state index in [2.05, 4.69) is 19.6 Å². The SMILES string of the molecule is COc1ccc2c(ccn2S(=O)(=O)CC[Si](C)(C)C)c1. The fraction of sp³-hybridized carbons (Fsp3) is 0.429. The van der Waals surface area contributed by atoms with Crippen LogP contribution in [0.15, 0.2) is 30.5 Å². The van der Waals surface area contributed by atoms with Crippen molar-refractivity contribution < 1.29 is 13.2 Å². The molecule has 0 spiro atoms. The first-order valence-corrected chi connectivity index (χ1v) is 11.9. The highest BCUT2D eigenvalue weighted by molar-refractivity contribution is 7.90. The summed E-state index contributed by atoms with van der Waals surface area (Å²) in [4.78, 5) is 0. The van der Waals surface area contributed by atoms with Gasteiger partial charge in [-0.2, -0.15) is 0 Å². The highest BCUT2D eigenvalue weighted by Gasteiger charge is 2.21. The molecule has 2 rings (SSSR count). The Morgan fingerprint density at radius 2 is 1.90 bits per heavy atom. The van der Waals surface area contributed by atoms with Crippen LogP contribution in [-0.2, 0) is 10.0 Å². The molecular weight excluding hydrogens is 290 g/mol. The minimum atomic E-state index is -3.29. The third-order valence-electron chi connectivity index (χ3n) is 3.27. The van der Waals surface area contributed by atoms with Gasteiger partial charge < -0.3 is 4.74 Å². The first-order valence-electron chi connectivity index (χ1n) is 6.61. The zero-order chi connectivity index (χ0) is 15.0. The number of fused-ring (bicyclic) bond motifs is 1. The summed E-state index contributed by atoms with van der Waals surface area (Å²) in [6, 6.07) is 8.00. The van der Waals surface area contributed by atoms with Crippen LogP contribution >= 0.6 is 0 Å². The quantitative estimate of drug-likeness (QED) is 0.797. The summed E-state index contributed by atoms with van der Waals surface area (Å²) < 4.78 is 31.5. The lowest BCUT2D eigenvalue weighted by Crippen LogP contribution is -2.26. The van der Waals surface area contributed by atoms with Crippen molar-refractivity contribution in [2.24, 2.45) is 0 Å². The largest absolute Gasteiger partial charge is 0.497 e. The summed E-state index contributed by atoms with van der Waals surface area (Å²) in [6.45, 7) is 6.55. The third kappa shape index (κ3) is 3.24. The summed E-state index contributed by atoms with van der Waals surface area (Å²) in [5, 5.41) is 0.876. The molecule has 1 aromatic heterocycles. The summed E-state index contributed by atoms with van der Waals surface area (Å²) in [5.41, 5.74) is 0.710. The van der Waals surface area contributed by atoms with Crippen molar-refractivity contribution in [3.8, 4) is 5.75 Å². The smallest absolute Gasteiger partial charge is 0.238 e. The minimum absolute atomic E-state index is 0.207. The van der Waals surface area contributed by atoms with Gasteiger partial charge in [0, 0.05) is 19.7 Å². The molecule has 0 atom stereocenters. The number of ether oxygens (including phenoxy) is 1. The van der Waals surface area contributed by atoms with E-state index in [-0.39, 0.29) is 5.75 Å². The molecule has 0 saturated heterocycles. The fourth-order valence-corrected chi connectivity index (χ4v) is 6.39. The van der Waals surface area contributed by atoms with Gasteiger partial charge in [-0.25, -0.2) is 12.4 Å². The van der Waals surface area contributed by atoms with E-state index >= 15 is 0 Å². The lowest BCUT2D eigenvalue weighted by Gasteiger charge is -2.16. The Kier molecular flexibility index (Phi) is 3.97. The van der Waals surface area contributed by atoms with E-state index in [9.17, 15) is 8.42 Å². The average Bonchev–Trinajstić information content (AvgIpc) is 2.79. The number of hydrogen-bond donors (Lipinski definition) is 0. The Morgan fingerprint density at radius 3 is 2.50 bits per heavy atom. The molecule has 2 aromatic rings. The molecule has 0 unspecified atom stereocenters. The summed E-state index contributed by atoms with van der Waals surface area (Å²) in [6.07, 6.45) is 1.63. The van der Waals surface area contributed by atoms with Gasteiger partial charge in [-0.1, -0.05) is 19.6 Å². The number of hydrogen-bond acceptors (Lipinski definition) is 3. The lowest BCUT2D eigenvalue weighted by atomic mass is 10.2. The Morgan fingerprint density at radius 1 is 1.20 bits per heavy atom. The molecule has 0 aliphatic rings. The summed E-state index contributed by atoms with van der Waals surface area (Å²) in [7, 11) is -3.06. The molecule has 0 bridgehead atoms. The van der Waals surface area contributed by atoms with Gasteiger partial charge in [0.1, 0.15) is 5.75 Å². The number of rotatable bonds is 5. The van der Waals surface area contributed by atoms with Crippen molar-refractivity contribution in [1.82, 2.24) is 3.97 Å². The zero-order valence-corrected chi connectivity index (χ0v) is 14.2. The van der Waals surface area contributed by atoms with Crippen LogP contribution in [0.2, 0.25) is 25.7 Å². The second kappa shape index (κ2) is 5.25. The number of aromatic nitrogens is 1.